The molecule has 2 saturated heterocycles. The summed E-state index contributed by atoms with van der Waals surface area (Å²) in [4.78, 5) is 24.2. The van der Waals surface area contributed by atoms with Crippen molar-refractivity contribution in [3.05, 3.63) is 23.5 Å². The Hall–Kier alpha value is -2.19. The van der Waals surface area contributed by atoms with Crippen molar-refractivity contribution in [2.45, 2.75) is 18.9 Å². The molecule has 0 saturated carbocycles. The Labute approximate surface area is 159 Å². The number of carbonyl (C=O) groups is 1. The van der Waals surface area contributed by atoms with Crippen LogP contribution >= 0.6 is 0 Å². The van der Waals surface area contributed by atoms with E-state index in [4.69, 9.17) is 4.98 Å². The molecule has 5 rings (SSSR count). The summed E-state index contributed by atoms with van der Waals surface area (Å²) in [5.74, 6) is 1.55. The maximum Gasteiger partial charge on any atom is 0.229 e. The van der Waals surface area contributed by atoms with Gasteiger partial charge in [0.05, 0.1) is 17.8 Å². The first-order chi connectivity index (χ1) is 13.1. The van der Waals surface area contributed by atoms with Gasteiger partial charge in [-0.15, -0.1) is 0 Å². The normalized spacial score (nSPS) is 21.7. The first-order valence-electron chi connectivity index (χ1n) is 9.89. The molecule has 0 atom stereocenters. The van der Waals surface area contributed by atoms with Crippen molar-refractivity contribution < 1.29 is 4.79 Å². The Bertz CT molecular complexity index is 866. The van der Waals surface area contributed by atoms with E-state index < -0.39 is 0 Å². The van der Waals surface area contributed by atoms with Crippen LogP contribution in [0, 0.1) is 5.92 Å². The molecule has 3 aliphatic rings. The molecule has 2 fully saturated rings. The van der Waals surface area contributed by atoms with E-state index in [9.17, 15) is 4.79 Å². The molecular weight excluding hydrogens is 342 g/mol. The highest BCUT2D eigenvalue weighted by molar-refractivity contribution is 5.83. The van der Waals surface area contributed by atoms with Crippen LogP contribution in [0.1, 0.15) is 11.3 Å². The minimum Gasteiger partial charge on any atom is -0.354 e. The minimum absolute atomic E-state index is 0.102. The number of hydrogen-bond acceptors (Lipinski definition) is 6. The second kappa shape index (κ2) is 6.45. The van der Waals surface area contributed by atoms with E-state index in [1.807, 2.05) is 28.7 Å². The van der Waals surface area contributed by atoms with Crippen molar-refractivity contribution in [1.82, 2.24) is 29.7 Å². The summed E-state index contributed by atoms with van der Waals surface area (Å²) in [6.07, 6.45) is 3.77. The van der Waals surface area contributed by atoms with Gasteiger partial charge in [0, 0.05) is 63.4 Å². The Morgan fingerprint density at radius 3 is 2.74 bits per heavy atom. The van der Waals surface area contributed by atoms with Gasteiger partial charge >= 0.3 is 0 Å². The van der Waals surface area contributed by atoms with Crippen LogP contribution < -0.4 is 10.2 Å². The lowest BCUT2D eigenvalue weighted by Gasteiger charge is -2.46. The minimum atomic E-state index is 0.102. The monoisotopic (exact) mass is 369 g/mol. The summed E-state index contributed by atoms with van der Waals surface area (Å²) in [5.41, 5.74) is 3.40. The van der Waals surface area contributed by atoms with Gasteiger partial charge in [0.2, 0.25) is 5.91 Å². The average Bonchev–Trinajstić information content (AvgIpc) is 2.96. The second-order valence-corrected chi connectivity index (χ2v) is 8.10. The topological polar surface area (TPSA) is 69.0 Å². The summed E-state index contributed by atoms with van der Waals surface area (Å²) in [7, 11) is 4.12. The molecular formula is C19H27N7O. The van der Waals surface area contributed by atoms with Gasteiger partial charge in [-0.25, -0.2) is 4.98 Å². The van der Waals surface area contributed by atoms with E-state index in [2.05, 4.69) is 27.3 Å². The first kappa shape index (κ1) is 16.9. The number of hydrogen-bond donors (Lipinski definition) is 1. The molecule has 2 aromatic rings. The lowest BCUT2D eigenvalue weighted by molar-refractivity contribution is -0.141. The Morgan fingerprint density at radius 1 is 1.19 bits per heavy atom. The molecule has 2 aromatic heterocycles. The molecule has 3 aliphatic heterocycles. The highest BCUT2D eigenvalue weighted by atomic mass is 16.2. The fourth-order valence-corrected chi connectivity index (χ4v) is 4.41. The second-order valence-electron chi connectivity index (χ2n) is 8.10. The third-order valence-electron chi connectivity index (χ3n) is 6.30. The van der Waals surface area contributed by atoms with Crippen LogP contribution in [0.15, 0.2) is 12.3 Å². The van der Waals surface area contributed by atoms with E-state index in [1.165, 1.54) is 11.3 Å². The van der Waals surface area contributed by atoms with Gasteiger partial charge in [0.15, 0.2) is 5.65 Å². The molecule has 0 aromatic carbocycles. The quantitative estimate of drug-likeness (QED) is 0.796. The molecule has 0 aliphatic carbocycles. The zero-order chi connectivity index (χ0) is 18.5. The Kier molecular flexibility index (Phi) is 4.05. The van der Waals surface area contributed by atoms with Crippen LogP contribution in [0.2, 0.25) is 0 Å². The van der Waals surface area contributed by atoms with Crippen LogP contribution in [0.3, 0.4) is 0 Å². The van der Waals surface area contributed by atoms with E-state index in [0.717, 1.165) is 63.6 Å². The number of aromatic nitrogens is 3. The molecule has 0 unspecified atom stereocenters. The molecule has 5 heterocycles. The van der Waals surface area contributed by atoms with Gasteiger partial charge in [-0.3, -0.25) is 4.79 Å². The third kappa shape index (κ3) is 2.78. The highest BCUT2D eigenvalue weighted by Gasteiger charge is 2.41. The van der Waals surface area contributed by atoms with Gasteiger partial charge in [0.25, 0.3) is 0 Å². The van der Waals surface area contributed by atoms with E-state index in [1.54, 1.807) is 0 Å². The van der Waals surface area contributed by atoms with Gasteiger partial charge in [0.1, 0.15) is 5.82 Å². The van der Waals surface area contributed by atoms with Gasteiger partial charge < -0.3 is 20.0 Å². The maximum absolute atomic E-state index is 12.7. The highest BCUT2D eigenvalue weighted by Crippen LogP contribution is 2.33. The third-order valence-corrected chi connectivity index (χ3v) is 6.30. The number of rotatable bonds is 3. The van der Waals surface area contributed by atoms with Crippen LogP contribution in [0.4, 0.5) is 5.82 Å². The first-order valence-corrected chi connectivity index (χ1v) is 9.89. The van der Waals surface area contributed by atoms with E-state index in [0.29, 0.717) is 11.9 Å². The fourth-order valence-electron chi connectivity index (χ4n) is 4.41. The fraction of sp³-hybridized carbons (Fsp3) is 0.632. The number of fused-ring (bicyclic) bond motifs is 2. The molecule has 8 heteroatoms. The molecule has 27 heavy (non-hydrogen) atoms. The summed E-state index contributed by atoms with van der Waals surface area (Å²) in [6, 6.07) is 2.43. The summed E-state index contributed by atoms with van der Waals surface area (Å²) < 4.78 is 1.96. The van der Waals surface area contributed by atoms with Crippen LogP contribution in [-0.2, 0) is 17.6 Å². The number of likely N-dealkylation sites (tertiary alicyclic amines) is 1. The molecule has 144 valence electrons. The van der Waals surface area contributed by atoms with Crippen molar-refractivity contribution in [3.8, 4) is 0 Å². The Balaban J connectivity index is 1.38. The van der Waals surface area contributed by atoms with Crippen molar-refractivity contribution >= 4 is 17.4 Å². The number of amides is 1. The molecule has 1 amide bonds. The summed E-state index contributed by atoms with van der Waals surface area (Å²) >= 11 is 0. The zero-order valence-electron chi connectivity index (χ0n) is 16.1. The summed E-state index contributed by atoms with van der Waals surface area (Å²) in [5, 5.41) is 7.76. The van der Waals surface area contributed by atoms with Crippen LogP contribution in [0.5, 0.6) is 0 Å². The predicted octanol–water partition coefficient (Wildman–Crippen LogP) is -0.374. The van der Waals surface area contributed by atoms with Crippen molar-refractivity contribution in [1.29, 1.82) is 0 Å². The Morgan fingerprint density at radius 2 is 1.96 bits per heavy atom. The molecule has 0 spiro atoms. The molecule has 8 nitrogen and oxygen atoms in total. The van der Waals surface area contributed by atoms with Crippen LogP contribution in [-0.4, -0.2) is 89.7 Å². The van der Waals surface area contributed by atoms with Gasteiger partial charge in [-0.2, -0.15) is 9.61 Å². The largest absolute Gasteiger partial charge is 0.354 e. The van der Waals surface area contributed by atoms with Crippen molar-refractivity contribution in [2.75, 3.05) is 58.3 Å². The van der Waals surface area contributed by atoms with E-state index >= 15 is 0 Å². The smallest absolute Gasteiger partial charge is 0.229 e. The lowest BCUT2D eigenvalue weighted by atomic mass is 9.94. The zero-order valence-corrected chi connectivity index (χ0v) is 16.1. The number of nitrogens with one attached hydrogen (secondary N) is 1. The number of likely N-dealkylation sites (N-methyl/N-ethyl adjacent to an activating group) is 2. The van der Waals surface area contributed by atoms with Crippen LogP contribution in [0.25, 0.3) is 5.65 Å². The SMILES string of the molecule is CNC1CN(C(=O)C2CN(c3c4c(nc5ccnn35)CCN(C)CC4)C2)C1. The number of anilines is 1. The standard InChI is InChI=1S/C19H27N7O/c1-20-14-11-25(12-14)19(27)13-9-24(10-13)18-15-4-7-23(2)8-5-16(15)22-17-3-6-21-26(17)18/h3,6,13-14,20H,4-5,7-12H2,1-2H3. The number of nitrogens with zero attached hydrogens (tertiary/aromatic N) is 6. The van der Waals surface area contributed by atoms with Gasteiger partial charge in [-0.1, -0.05) is 0 Å². The maximum atomic E-state index is 12.7. The molecule has 1 N–H and O–H groups in total. The molecule has 0 radical (unpaired) electrons. The molecule has 0 bridgehead atoms. The number of carbonyl (C=O) groups excluding carboxylic acids is 1. The van der Waals surface area contributed by atoms with Crippen molar-refractivity contribution in [3.63, 3.8) is 0 Å². The predicted molar refractivity (Wildman–Crippen MR) is 103 cm³/mol. The lowest BCUT2D eigenvalue weighted by Crippen LogP contribution is -2.64. The van der Waals surface area contributed by atoms with Gasteiger partial charge in [-0.05, 0) is 20.5 Å². The van der Waals surface area contributed by atoms with Crippen molar-refractivity contribution in [2.24, 2.45) is 5.92 Å². The van der Waals surface area contributed by atoms with E-state index in [-0.39, 0.29) is 5.92 Å². The average molecular weight is 369 g/mol. The summed E-state index contributed by atoms with van der Waals surface area (Å²) in [6.45, 7) is 5.30.